The summed E-state index contributed by atoms with van der Waals surface area (Å²) in [7, 11) is 0. The predicted octanol–water partition coefficient (Wildman–Crippen LogP) is 5.13. The summed E-state index contributed by atoms with van der Waals surface area (Å²) in [6, 6.07) is 13.8. The summed E-state index contributed by atoms with van der Waals surface area (Å²) in [5.74, 6) is -1.10. The molecule has 1 unspecified atom stereocenters. The highest BCUT2D eigenvalue weighted by atomic mass is 35.5. The lowest BCUT2D eigenvalue weighted by atomic mass is 10.0. The molecule has 0 saturated carbocycles. The van der Waals surface area contributed by atoms with Crippen molar-refractivity contribution in [2.24, 2.45) is 0 Å². The fourth-order valence-electron chi connectivity index (χ4n) is 2.09. The third-order valence-corrected chi connectivity index (χ3v) is 5.03. The zero-order valence-electron chi connectivity index (χ0n) is 12.0. The van der Waals surface area contributed by atoms with E-state index in [1.54, 1.807) is 36.4 Å². The van der Waals surface area contributed by atoms with E-state index in [2.05, 4.69) is 0 Å². The molecule has 0 amide bonds. The highest BCUT2D eigenvalue weighted by Crippen LogP contribution is 2.37. The lowest BCUT2D eigenvalue weighted by Crippen LogP contribution is -2.09. The van der Waals surface area contributed by atoms with Gasteiger partial charge in [-0.05, 0) is 35.9 Å². The third-order valence-electron chi connectivity index (χ3n) is 3.20. The zero-order chi connectivity index (χ0) is 16.8. The van der Waals surface area contributed by atoms with E-state index in [0.29, 0.717) is 15.6 Å². The van der Waals surface area contributed by atoms with E-state index in [0.717, 1.165) is 5.56 Å². The Bertz CT molecular complexity index is 701. The molecule has 0 radical (unpaired) electrons. The molecule has 120 valence electrons. The number of halogens is 2. The van der Waals surface area contributed by atoms with E-state index in [1.807, 2.05) is 12.1 Å². The molecule has 0 aromatic heterocycles. The van der Waals surface area contributed by atoms with Crippen LogP contribution >= 0.6 is 35.0 Å². The van der Waals surface area contributed by atoms with Gasteiger partial charge in [0.2, 0.25) is 0 Å². The number of hydrogen-bond acceptors (Lipinski definition) is 3. The second kappa shape index (κ2) is 8.39. The highest BCUT2D eigenvalue weighted by molar-refractivity contribution is 8.00. The van der Waals surface area contributed by atoms with Crippen LogP contribution in [0, 0.1) is 0 Å². The van der Waals surface area contributed by atoms with Crippen molar-refractivity contribution in [2.45, 2.75) is 11.7 Å². The molecule has 0 spiro atoms. The molecule has 2 rings (SSSR count). The number of carboxylic acid groups (broad SMARTS) is 1. The number of Topliss-reactive ketones (excluding diaryl/α,β-unsaturated/α-hetero) is 1. The van der Waals surface area contributed by atoms with Gasteiger partial charge in [-0.2, -0.15) is 0 Å². The average molecular weight is 369 g/mol. The molecule has 0 bridgehead atoms. The smallest absolute Gasteiger partial charge is 0.313 e. The van der Waals surface area contributed by atoms with Crippen LogP contribution in [0.4, 0.5) is 0 Å². The summed E-state index contributed by atoms with van der Waals surface area (Å²) in [6.07, 6.45) is 0.170. The maximum absolute atomic E-state index is 12.4. The Balaban J connectivity index is 2.20. The number of carbonyl (C=O) groups is 2. The van der Waals surface area contributed by atoms with E-state index < -0.39 is 5.97 Å². The number of hydrogen-bond donors (Lipinski definition) is 1. The summed E-state index contributed by atoms with van der Waals surface area (Å²) in [4.78, 5) is 23.3. The van der Waals surface area contributed by atoms with Gasteiger partial charge in [-0.25, -0.2) is 0 Å². The first-order valence-corrected chi connectivity index (χ1v) is 8.64. The van der Waals surface area contributed by atoms with Crippen molar-refractivity contribution in [3.8, 4) is 0 Å². The van der Waals surface area contributed by atoms with Crippen molar-refractivity contribution in [3.63, 3.8) is 0 Å². The Labute approximate surface area is 148 Å². The molecule has 0 aliphatic heterocycles. The van der Waals surface area contributed by atoms with Crippen LogP contribution in [0.2, 0.25) is 10.0 Å². The first-order chi connectivity index (χ1) is 11.0. The zero-order valence-corrected chi connectivity index (χ0v) is 14.4. The summed E-state index contributed by atoms with van der Waals surface area (Å²) in [6.45, 7) is 0. The molecule has 1 atom stereocenters. The van der Waals surface area contributed by atoms with E-state index in [4.69, 9.17) is 28.3 Å². The Morgan fingerprint density at radius 1 is 1.04 bits per heavy atom. The minimum atomic E-state index is -0.925. The van der Waals surface area contributed by atoms with Crippen molar-refractivity contribution < 1.29 is 14.7 Å². The molecule has 6 heteroatoms. The normalized spacial score (nSPS) is 11.9. The molecule has 2 aromatic carbocycles. The fourth-order valence-corrected chi connectivity index (χ4v) is 3.54. The maximum atomic E-state index is 12.4. The molecule has 0 saturated heterocycles. The Hall–Kier alpha value is -1.49. The fraction of sp³-hybridized carbons (Fsp3) is 0.176. The number of aliphatic carboxylic acids is 1. The van der Waals surface area contributed by atoms with Crippen LogP contribution in [0.5, 0.6) is 0 Å². The van der Waals surface area contributed by atoms with Crippen LogP contribution in [0.25, 0.3) is 0 Å². The van der Waals surface area contributed by atoms with Gasteiger partial charge in [0.25, 0.3) is 0 Å². The molecule has 2 aromatic rings. The van der Waals surface area contributed by atoms with Gasteiger partial charge in [-0.1, -0.05) is 41.4 Å². The highest BCUT2D eigenvalue weighted by Gasteiger charge is 2.21. The van der Waals surface area contributed by atoms with Crippen LogP contribution in [0.1, 0.15) is 27.6 Å². The number of benzene rings is 2. The Kier molecular flexibility index (Phi) is 6.51. The molecule has 3 nitrogen and oxygen atoms in total. The van der Waals surface area contributed by atoms with Crippen molar-refractivity contribution in [1.29, 1.82) is 0 Å². The quantitative estimate of drug-likeness (QED) is 0.688. The molecule has 0 heterocycles. The first-order valence-electron chi connectivity index (χ1n) is 6.84. The third kappa shape index (κ3) is 5.27. The van der Waals surface area contributed by atoms with E-state index in [1.165, 1.54) is 11.8 Å². The molecular formula is C17H14Cl2O3S. The molecule has 0 fully saturated rings. The van der Waals surface area contributed by atoms with Crippen molar-refractivity contribution >= 4 is 46.7 Å². The van der Waals surface area contributed by atoms with Gasteiger partial charge in [0, 0.05) is 27.3 Å². The van der Waals surface area contributed by atoms with Gasteiger partial charge in [0.05, 0.1) is 5.75 Å². The Morgan fingerprint density at radius 2 is 1.70 bits per heavy atom. The van der Waals surface area contributed by atoms with Crippen LogP contribution < -0.4 is 0 Å². The lowest BCUT2D eigenvalue weighted by Gasteiger charge is -2.17. The van der Waals surface area contributed by atoms with Crippen molar-refractivity contribution in [2.75, 3.05) is 5.75 Å². The number of carbonyl (C=O) groups excluding carboxylic acids is 1. The maximum Gasteiger partial charge on any atom is 0.313 e. The van der Waals surface area contributed by atoms with Gasteiger partial charge < -0.3 is 5.11 Å². The summed E-state index contributed by atoms with van der Waals surface area (Å²) in [5.41, 5.74) is 1.31. The minimum absolute atomic E-state index is 0.0792. The second-order valence-corrected chi connectivity index (χ2v) is 6.88. The predicted molar refractivity (Wildman–Crippen MR) is 94.7 cm³/mol. The minimum Gasteiger partial charge on any atom is -0.481 e. The van der Waals surface area contributed by atoms with Crippen molar-refractivity contribution in [3.05, 3.63) is 69.7 Å². The average Bonchev–Trinajstić information content (AvgIpc) is 2.52. The van der Waals surface area contributed by atoms with Crippen LogP contribution in [-0.2, 0) is 4.79 Å². The lowest BCUT2D eigenvalue weighted by molar-refractivity contribution is -0.133. The molecule has 1 N–H and O–H groups in total. The number of thioether (sulfide) groups is 1. The molecular weight excluding hydrogens is 355 g/mol. The van der Waals surface area contributed by atoms with Crippen LogP contribution in [-0.4, -0.2) is 22.6 Å². The summed E-state index contributed by atoms with van der Waals surface area (Å²) < 4.78 is 0. The standard InChI is InChI=1S/C17H14Cl2O3S/c18-12-7-5-11(6-8-12)15(20)9-16(23-10-17(21)22)13-3-1-2-4-14(13)19/h1-8,16H,9-10H2,(H,21,22). The molecule has 23 heavy (non-hydrogen) atoms. The molecule has 0 aliphatic rings. The molecule has 0 aliphatic carbocycles. The SMILES string of the molecule is O=C(O)CSC(CC(=O)c1ccc(Cl)cc1)c1ccccc1Cl. The second-order valence-electron chi connectivity index (χ2n) is 4.85. The Morgan fingerprint density at radius 3 is 2.30 bits per heavy atom. The summed E-state index contributed by atoms with van der Waals surface area (Å²) >= 11 is 13.2. The van der Waals surface area contributed by atoms with Gasteiger partial charge in [0.15, 0.2) is 5.78 Å². The monoisotopic (exact) mass is 368 g/mol. The number of rotatable bonds is 7. The van der Waals surface area contributed by atoms with E-state index in [9.17, 15) is 9.59 Å². The first kappa shape index (κ1) is 17.9. The largest absolute Gasteiger partial charge is 0.481 e. The van der Waals surface area contributed by atoms with Gasteiger partial charge in [0.1, 0.15) is 0 Å². The topological polar surface area (TPSA) is 54.4 Å². The van der Waals surface area contributed by atoms with Crippen molar-refractivity contribution in [1.82, 2.24) is 0 Å². The van der Waals surface area contributed by atoms with Gasteiger partial charge in [-0.15, -0.1) is 11.8 Å². The van der Waals surface area contributed by atoms with Crippen LogP contribution in [0.15, 0.2) is 48.5 Å². The van der Waals surface area contributed by atoms with E-state index in [-0.39, 0.29) is 23.2 Å². The van der Waals surface area contributed by atoms with E-state index >= 15 is 0 Å². The summed E-state index contributed by atoms with van der Waals surface area (Å²) in [5, 5.41) is 9.68. The number of ketones is 1. The van der Waals surface area contributed by atoms with Gasteiger partial charge in [-0.3, -0.25) is 9.59 Å². The number of carboxylic acids is 1. The van der Waals surface area contributed by atoms with Gasteiger partial charge >= 0.3 is 5.97 Å². The van der Waals surface area contributed by atoms with Crippen LogP contribution in [0.3, 0.4) is 0 Å².